The molecule has 2 aliphatic rings. The van der Waals surface area contributed by atoms with Crippen LogP contribution in [0.2, 0.25) is 0 Å². The number of hydrogen-bond donors (Lipinski definition) is 4. The molecule has 0 bridgehead atoms. The molecule has 0 spiro atoms. The number of amides is 1. The van der Waals surface area contributed by atoms with Gasteiger partial charge in [0.1, 0.15) is 18.3 Å². The van der Waals surface area contributed by atoms with Gasteiger partial charge in [-0.25, -0.2) is 9.78 Å². The largest absolute Gasteiger partial charge is 0.461 e. The predicted molar refractivity (Wildman–Crippen MR) is 181 cm³/mol. The fourth-order valence-electron chi connectivity index (χ4n) is 6.44. The maximum absolute atomic E-state index is 13.1. The van der Waals surface area contributed by atoms with Crippen LogP contribution in [0.1, 0.15) is 79.8 Å². The molecular weight excluding hydrogens is 598 g/mol. The summed E-state index contributed by atoms with van der Waals surface area (Å²) in [5.74, 6) is 0.709. The lowest BCUT2D eigenvalue weighted by molar-refractivity contribution is -0.384. The monoisotopic (exact) mass is 643 g/mol. The Morgan fingerprint density at radius 3 is 2.49 bits per heavy atom. The molecule has 12 nitrogen and oxygen atoms in total. The highest BCUT2D eigenvalue weighted by atomic mass is 16.6. The zero-order chi connectivity index (χ0) is 33.3. The number of nitrogens with two attached hydrogens (primary N) is 1. The number of aromatic nitrogens is 2. The lowest BCUT2D eigenvalue weighted by Gasteiger charge is -2.27. The summed E-state index contributed by atoms with van der Waals surface area (Å²) in [6.07, 6.45) is 9.27. The summed E-state index contributed by atoms with van der Waals surface area (Å²) in [6.45, 7) is 5.35. The first-order valence-corrected chi connectivity index (χ1v) is 16.6. The van der Waals surface area contributed by atoms with Gasteiger partial charge in [0.05, 0.1) is 4.92 Å². The van der Waals surface area contributed by atoms with Crippen molar-refractivity contribution in [2.75, 3.05) is 23.7 Å². The molecule has 5 N–H and O–H groups in total. The number of hydrogen-bond acceptors (Lipinski definition) is 10. The molecule has 0 saturated heterocycles. The minimum Gasteiger partial charge on any atom is -0.461 e. The molecule has 1 atom stereocenters. The van der Waals surface area contributed by atoms with Gasteiger partial charge in [0.25, 0.3) is 5.91 Å². The predicted octanol–water partition coefficient (Wildman–Crippen LogP) is 5.75. The molecule has 1 amide bonds. The molecule has 1 heterocycles. The third-order valence-corrected chi connectivity index (χ3v) is 9.43. The molecule has 47 heavy (non-hydrogen) atoms. The van der Waals surface area contributed by atoms with E-state index in [0.29, 0.717) is 37.0 Å². The van der Waals surface area contributed by atoms with E-state index in [1.807, 2.05) is 43.3 Å². The van der Waals surface area contributed by atoms with Gasteiger partial charge in [-0.15, -0.1) is 0 Å². The Kier molecular flexibility index (Phi) is 11.4. The van der Waals surface area contributed by atoms with E-state index < -0.39 is 16.9 Å². The summed E-state index contributed by atoms with van der Waals surface area (Å²) in [5, 5.41) is 20.9. The highest BCUT2D eigenvalue weighted by Crippen LogP contribution is 2.30. The number of nitrogens with zero attached hydrogens (tertiary/aromatic N) is 3. The maximum Gasteiger partial charge on any atom is 0.329 e. The average Bonchev–Trinajstić information content (AvgIpc) is 3.60. The van der Waals surface area contributed by atoms with Crippen molar-refractivity contribution in [1.29, 1.82) is 0 Å². The second-order valence-electron chi connectivity index (χ2n) is 12.8. The Morgan fingerprint density at radius 1 is 1.04 bits per heavy atom. The first-order chi connectivity index (χ1) is 22.7. The van der Waals surface area contributed by atoms with E-state index >= 15 is 0 Å². The van der Waals surface area contributed by atoms with Gasteiger partial charge in [0.2, 0.25) is 11.8 Å². The van der Waals surface area contributed by atoms with Crippen molar-refractivity contribution in [2.45, 2.75) is 83.9 Å². The van der Waals surface area contributed by atoms with Gasteiger partial charge in [-0.2, -0.15) is 4.98 Å². The fraction of sp³-hybridized carbons (Fsp3) is 0.486. The van der Waals surface area contributed by atoms with Crippen LogP contribution >= 0.6 is 0 Å². The van der Waals surface area contributed by atoms with Crippen molar-refractivity contribution in [2.24, 2.45) is 17.6 Å². The summed E-state index contributed by atoms with van der Waals surface area (Å²) in [6, 6.07) is 12.5. The number of ether oxygens (including phenoxy) is 1. The highest BCUT2D eigenvalue weighted by Gasteiger charge is 2.25. The third kappa shape index (κ3) is 8.82. The van der Waals surface area contributed by atoms with Crippen LogP contribution < -0.4 is 21.7 Å². The van der Waals surface area contributed by atoms with Crippen LogP contribution in [0, 0.1) is 28.9 Å². The minimum atomic E-state index is -0.753. The average molecular weight is 644 g/mol. The molecular formula is C35H45N7O5. The molecule has 0 radical (unpaired) electrons. The van der Waals surface area contributed by atoms with Crippen LogP contribution in [0.3, 0.4) is 0 Å². The molecule has 0 aliphatic heterocycles. The maximum atomic E-state index is 13.1. The third-order valence-electron chi connectivity index (χ3n) is 9.43. The first kappa shape index (κ1) is 33.8. The molecule has 1 unspecified atom stereocenters. The zero-order valence-electron chi connectivity index (χ0n) is 27.2. The number of esters is 1. The van der Waals surface area contributed by atoms with Crippen molar-refractivity contribution in [3.05, 3.63) is 75.5 Å². The molecule has 3 aromatic rings. The lowest BCUT2D eigenvalue weighted by Crippen LogP contribution is -2.40. The number of anilines is 2. The van der Waals surface area contributed by atoms with E-state index in [0.717, 1.165) is 73.6 Å². The number of nitrogens with one attached hydrogen (secondary N) is 3. The number of carbonyl (C=O) groups excluding carboxylic acids is 2. The van der Waals surface area contributed by atoms with Crippen molar-refractivity contribution in [1.82, 2.24) is 15.3 Å². The minimum absolute atomic E-state index is 0.0581. The van der Waals surface area contributed by atoms with E-state index in [9.17, 15) is 19.7 Å². The van der Waals surface area contributed by atoms with Gasteiger partial charge in [-0.05, 0) is 118 Å². The molecule has 1 aromatic heterocycles. The van der Waals surface area contributed by atoms with E-state index in [-0.39, 0.29) is 29.5 Å². The number of nitro groups is 1. The molecule has 12 heteroatoms. The molecule has 5 rings (SSSR count). The van der Waals surface area contributed by atoms with E-state index in [1.165, 1.54) is 6.20 Å². The Hall–Kier alpha value is -4.58. The number of rotatable bonds is 13. The fourth-order valence-corrected chi connectivity index (χ4v) is 6.44. The second kappa shape index (κ2) is 15.8. The van der Waals surface area contributed by atoms with Crippen LogP contribution in [0.15, 0.2) is 48.7 Å². The van der Waals surface area contributed by atoms with Crippen LogP contribution in [0.25, 0.3) is 11.1 Å². The van der Waals surface area contributed by atoms with Gasteiger partial charge >= 0.3 is 11.7 Å². The van der Waals surface area contributed by atoms with Crippen LogP contribution in [-0.4, -0.2) is 52.0 Å². The van der Waals surface area contributed by atoms with Gasteiger partial charge in [0, 0.05) is 18.7 Å². The topological polar surface area (TPSA) is 174 Å². The molecule has 2 aliphatic carbocycles. The summed E-state index contributed by atoms with van der Waals surface area (Å²) in [4.78, 5) is 45.4. The normalized spacial score (nSPS) is 18.7. The summed E-state index contributed by atoms with van der Waals surface area (Å²) in [7, 11) is 0. The van der Waals surface area contributed by atoms with Gasteiger partial charge in [-0.1, -0.05) is 30.3 Å². The lowest BCUT2D eigenvalue weighted by atomic mass is 9.82. The second-order valence-corrected chi connectivity index (χ2v) is 12.8. The highest BCUT2D eigenvalue weighted by molar-refractivity contribution is 5.97. The zero-order valence-corrected chi connectivity index (χ0v) is 27.2. The van der Waals surface area contributed by atoms with Gasteiger partial charge < -0.3 is 26.4 Å². The van der Waals surface area contributed by atoms with Crippen LogP contribution in [0.4, 0.5) is 17.5 Å². The van der Waals surface area contributed by atoms with Crippen molar-refractivity contribution in [3.8, 4) is 11.1 Å². The first-order valence-electron chi connectivity index (χ1n) is 16.6. The smallest absolute Gasteiger partial charge is 0.329 e. The molecule has 2 aromatic carbocycles. The Labute approximate surface area is 275 Å². The van der Waals surface area contributed by atoms with E-state index in [4.69, 9.17) is 10.5 Å². The van der Waals surface area contributed by atoms with Crippen LogP contribution in [-0.2, 0) is 16.1 Å². The molecule has 2 fully saturated rings. The Bertz CT molecular complexity index is 1570. The van der Waals surface area contributed by atoms with E-state index in [1.54, 1.807) is 13.0 Å². The number of carbonyl (C=O) groups is 2. The Morgan fingerprint density at radius 2 is 1.77 bits per heavy atom. The van der Waals surface area contributed by atoms with Crippen LogP contribution in [0.5, 0.6) is 0 Å². The molecule has 250 valence electrons. The van der Waals surface area contributed by atoms with Gasteiger partial charge in [-0.3, -0.25) is 14.9 Å². The number of benzene rings is 2. The summed E-state index contributed by atoms with van der Waals surface area (Å²) >= 11 is 0. The standard InChI is InChI=1S/C35H45N7O5/c1-22-28(20-38-35-39-21-31(42(45)46)32(41-35)37-19-25-15-13-24(18-36)14-16-25)9-6-12-30(22)26-7-5-8-27(17-26)33(43)40-23(2)34(44)47-29-10-3-4-11-29/h5-9,12,17,21,23-25,29H,3-4,10-11,13-16,18-20,36H2,1-2H3,(H,40,43)(H2,37,38,39,41). The summed E-state index contributed by atoms with van der Waals surface area (Å²) < 4.78 is 5.55. The quantitative estimate of drug-likeness (QED) is 0.102. The van der Waals surface area contributed by atoms with Crippen molar-refractivity contribution < 1.29 is 19.2 Å². The van der Waals surface area contributed by atoms with Crippen molar-refractivity contribution >= 4 is 29.3 Å². The SMILES string of the molecule is Cc1c(CNc2ncc([N+](=O)[O-])c(NCC3CCC(CN)CC3)n2)cccc1-c1cccc(C(=O)NC(C)C(=O)OC2CCCC2)c1. The van der Waals surface area contributed by atoms with E-state index in [2.05, 4.69) is 25.9 Å². The summed E-state index contributed by atoms with van der Waals surface area (Å²) in [5.41, 5.74) is 9.89. The van der Waals surface area contributed by atoms with Crippen molar-refractivity contribution in [3.63, 3.8) is 0 Å². The van der Waals surface area contributed by atoms with Gasteiger partial charge in [0.15, 0.2) is 0 Å². The Balaban J connectivity index is 1.23. The molecule has 2 saturated carbocycles.